The minimum atomic E-state index is -0.461. The molecule has 0 bridgehead atoms. The van der Waals surface area contributed by atoms with E-state index < -0.39 is 5.82 Å². The molecule has 1 saturated heterocycles. The maximum atomic E-state index is 13.7. The molecule has 18 heavy (non-hydrogen) atoms. The van der Waals surface area contributed by atoms with Crippen molar-refractivity contribution in [1.82, 2.24) is 4.90 Å². The smallest absolute Gasteiger partial charge is 0.257 e. The molecule has 0 saturated carbocycles. The Bertz CT molecular complexity index is 461. The Morgan fingerprint density at radius 1 is 1.44 bits per heavy atom. The van der Waals surface area contributed by atoms with Gasteiger partial charge in [0, 0.05) is 6.54 Å². The Hall–Kier alpha value is -1.42. The molecular formula is C14H18FNO2. The molecule has 1 fully saturated rings. The first kappa shape index (κ1) is 13.0. The topological polar surface area (TPSA) is 29.5 Å². The standard InChI is InChI=1S/C14H18FNO2/c1-9-4-5-13(15)12(6-9)14(17)16-7-11(3)18-8-10(16)2/h4-6,10-11H,7-8H2,1-3H3. The van der Waals surface area contributed by atoms with E-state index in [1.54, 1.807) is 17.0 Å². The quantitative estimate of drug-likeness (QED) is 0.767. The Morgan fingerprint density at radius 3 is 2.89 bits per heavy atom. The van der Waals surface area contributed by atoms with Gasteiger partial charge in [-0.25, -0.2) is 4.39 Å². The van der Waals surface area contributed by atoms with E-state index in [0.29, 0.717) is 13.2 Å². The van der Waals surface area contributed by atoms with Gasteiger partial charge in [0.25, 0.3) is 5.91 Å². The highest BCUT2D eigenvalue weighted by Crippen LogP contribution is 2.18. The van der Waals surface area contributed by atoms with Gasteiger partial charge >= 0.3 is 0 Å². The zero-order chi connectivity index (χ0) is 13.3. The van der Waals surface area contributed by atoms with Crippen molar-refractivity contribution in [3.05, 3.63) is 35.1 Å². The van der Waals surface area contributed by atoms with Crippen LogP contribution in [0.4, 0.5) is 4.39 Å². The molecule has 2 unspecified atom stereocenters. The second-order valence-corrected chi connectivity index (χ2v) is 4.93. The minimum absolute atomic E-state index is 0.00183. The average molecular weight is 251 g/mol. The monoisotopic (exact) mass is 251 g/mol. The lowest BCUT2D eigenvalue weighted by molar-refractivity contribution is -0.0388. The molecule has 3 nitrogen and oxygen atoms in total. The van der Waals surface area contributed by atoms with Crippen molar-refractivity contribution in [2.24, 2.45) is 0 Å². The molecule has 0 radical (unpaired) electrons. The SMILES string of the molecule is Cc1ccc(F)c(C(=O)N2CC(C)OCC2C)c1. The second-order valence-electron chi connectivity index (χ2n) is 4.93. The zero-order valence-corrected chi connectivity index (χ0v) is 10.9. The minimum Gasteiger partial charge on any atom is -0.375 e. The average Bonchev–Trinajstić information content (AvgIpc) is 2.34. The van der Waals surface area contributed by atoms with Gasteiger partial charge in [0.1, 0.15) is 5.82 Å². The molecule has 0 aromatic heterocycles. The molecular weight excluding hydrogens is 233 g/mol. The number of amides is 1. The third-order valence-electron chi connectivity index (χ3n) is 3.22. The summed E-state index contributed by atoms with van der Waals surface area (Å²) in [5.74, 6) is -0.712. The molecule has 98 valence electrons. The number of nitrogens with zero attached hydrogens (tertiary/aromatic N) is 1. The molecule has 1 heterocycles. The van der Waals surface area contributed by atoms with Gasteiger partial charge in [0.05, 0.1) is 24.3 Å². The van der Waals surface area contributed by atoms with Gasteiger partial charge in [0.15, 0.2) is 0 Å². The molecule has 2 rings (SSSR count). The summed E-state index contributed by atoms with van der Waals surface area (Å²) >= 11 is 0. The molecule has 0 spiro atoms. The molecule has 1 amide bonds. The van der Waals surface area contributed by atoms with Crippen LogP contribution in [-0.4, -0.2) is 36.1 Å². The number of carbonyl (C=O) groups is 1. The van der Waals surface area contributed by atoms with E-state index in [0.717, 1.165) is 5.56 Å². The highest BCUT2D eigenvalue weighted by atomic mass is 19.1. The second kappa shape index (κ2) is 5.06. The largest absolute Gasteiger partial charge is 0.375 e. The molecule has 2 atom stereocenters. The zero-order valence-electron chi connectivity index (χ0n) is 10.9. The van der Waals surface area contributed by atoms with Crippen molar-refractivity contribution >= 4 is 5.91 Å². The van der Waals surface area contributed by atoms with Gasteiger partial charge in [-0.2, -0.15) is 0 Å². The molecule has 1 aromatic rings. The number of hydrogen-bond acceptors (Lipinski definition) is 2. The van der Waals surface area contributed by atoms with Gasteiger partial charge in [-0.3, -0.25) is 4.79 Å². The van der Waals surface area contributed by atoms with Gasteiger partial charge in [0.2, 0.25) is 0 Å². The molecule has 1 aliphatic heterocycles. The van der Waals surface area contributed by atoms with E-state index in [-0.39, 0.29) is 23.6 Å². The fourth-order valence-electron chi connectivity index (χ4n) is 2.14. The predicted molar refractivity (Wildman–Crippen MR) is 67.0 cm³/mol. The molecule has 1 aromatic carbocycles. The number of halogens is 1. The Morgan fingerprint density at radius 2 is 2.17 bits per heavy atom. The van der Waals surface area contributed by atoms with Crippen molar-refractivity contribution in [3.8, 4) is 0 Å². The van der Waals surface area contributed by atoms with Crippen molar-refractivity contribution in [1.29, 1.82) is 0 Å². The summed E-state index contributed by atoms with van der Waals surface area (Å²) in [6, 6.07) is 4.59. The summed E-state index contributed by atoms with van der Waals surface area (Å²) in [6.45, 7) is 6.69. The lowest BCUT2D eigenvalue weighted by atomic mass is 10.1. The van der Waals surface area contributed by atoms with Gasteiger partial charge in [-0.15, -0.1) is 0 Å². The Kier molecular flexibility index (Phi) is 3.66. The van der Waals surface area contributed by atoms with E-state index >= 15 is 0 Å². The fraction of sp³-hybridized carbons (Fsp3) is 0.500. The number of carbonyl (C=O) groups excluding carboxylic acids is 1. The first-order valence-corrected chi connectivity index (χ1v) is 6.17. The first-order valence-electron chi connectivity index (χ1n) is 6.17. The number of aryl methyl sites for hydroxylation is 1. The van der Waals surface area contributed by atoms with Crippen LogP contribution in [0.25, 0.3) is 0 Å². The van der Waals surface area contributed by atoms with Crippen molar-refractivity contribution in [3.63, 3.8) is 0 Å². The van der Waals surface area contributed by atoms with Crippen molar-refractivity contribution < 1.29 is 13.9 Å². The third-order valence-corrected chi connectivity index (χ3v) is 3.22. The van der Waals surface area contributed by atoms with E-state index in [9.17, 15) is 9.18 Å². The first-order chi connectivity index (χ1) is 8.49. The van der Waals surface area contributed by atoms with Crippen molar-refractivity contribution in [2.45, 2.75) is 32.9 Å². The van der Waals surface area contributed by atoms with E-state index in [1.165, 1.54) is 6.07 Å². The van der Waals surface area contributed by atoms with Crippen LogP contribution in [0.15, 0.2) is 18.2 Å². The lowest BCUT2D eigenvalue weighted by Crippen LogP contribution is -2.50. The van der Waals surface area contributed by atoms with E-state index in [4.69, 9.17) is 4.74 Å². The maximum absolute atomic E-state index is 13.7. The Balaban J connectivity index is 2.27. The van der Waals surface area contributed by atoms with Crippen LogP contribution in [0, 0.1) is 12.7 Å². The lowest BCUT2D eigenvalue weighted by Gasteiger charge is -2.36. The van der Waals surface area contributed by atoms with Gasteiger partial charge < -0.3 is 9.64 Å². The van der Waals surface area contributed by atoms with Crippen LogP contribution < -0.4 is 0 Å². The number of rotatable bonds is 1. The number of benzene rings is 1. The highest BCUT2D eigenvalue weighted by molar-refractivity contribution is 5.95. The van der Waals surface area contributed by atoms with Crippen molar-refractivity contribution in [2.75, 3.05) is 13.2 Å². The predicted octanol–water partition coefficient (Wildman–Crippen LogP) is 2.38. The number of morpholine rings is 1. The number of hydrogen-bond donors (Lipinski definition) is 0. The van der Waals surface area contributed by atoms with Crippen LogP contribution in [0.1, 0.15) is 29.8 Å². The van der Waals surface area contributed by atoms with Gasteiger partial charge in [-0.05, 0) is 32.9 Å². The molecule has 0 aliphatic carbocycles. The van der Waals surface area contributed by atoms with Crippen LogP contribution >= 0.6 is 0 Å². The van der Waals surface area contributed by atoms with Crippen LogP contribution in [0.5, 0.6) is 0 Å². The summed E-state index contributed by atoms with van der Waals surface area (Å²) in [7, 11) is 0. The summed E-state index contributed by atoms with van der Waals surface area (Å²) < 4.78 is 19.2. The van der Waals surface area contributed by atoms with Crippen LogP contribution in [-0.2, 0) is 4.74 Å². The number of ether oxygens (including phenoxy) is 1. The summed E-state index contributed by atoms with van der Waals surface area (Å²) in [4.78, 5) is 14.0. The van der Waals surface area contributed by atoms with E-state index in [1.807, 2.05) is 20.8 Å². The molecule has 0 N–H and O–H groups in total. The van der Waals surface area contributed by atoms with Gasteiger partial charge in [-0.1, -0.05) is 11.6 Å². The molecule has 4 heteroatoms. The molecule has 1 aliphatic rings. The summed E-state index contributed by atoms with van der Waals surface area (Å²) in [6.07, 6.45) is -0.00183. The summed E-state index contributed by atoms with van der Waals surface area (Å²) in [5, 5.41) is 0. The highest BCUT2D eigenvalue weighted by Gasteiger charge is 2.29. The normalized spacial score (nSPS) is 24.1. The third kappa shape index (κ3) is 2.53. The van der Waals surface area contributed by atoms with Crippen LogP contribution in [0.2, 0.25) is 0 Å². The Labute approximate surface area is 107 Å². The maximum Gasteiger partial charge on any atom is 0.257 e. The summed E-state index contributed by atoms with van der Waals surface area (Å²) in [5.41, 5.74) is 1.03. The fourth-order valence-corrected chi connectivity index (χ4v) is 2.14. The van der Waals surface area contributed by atoms with E-state index in [2.05, 4.69) is 0 Å². The van der Waals surface area contributed by atoms with Crippen LogP contribution in [0.3, 0.4) is 0 Å².